The molecular weight excluding hydrogens is 470 g/mol. The van der Waals surface area contributed by atoms with Gasteiger partial charge in [0.05, 0.1) is 35.8 Å². The van der Waals surface area contributed by atoms with Crippen LogP contribution in [0.1, 0.15) is 21.7 Å². The Morgan fingerprint density at radius 1 is 1.12 bits per heavy atom. The summed E-state index contributed by atoms with van der Waals surface area (Å²) in [6.07, 6.45) is -3.80. The van der Waals surface area contributed by atoms with Gasteiger partial charge in [-0.1, -0.05) is 0 Å². The molecule has 0 atom stereocenters. The van der Waals surface area contributed by atoms with Gasteiger partial charge in [-0.05, 0) is 30.3 Å². The van der Waals surface area contributed by atoms with Crippen molar-refractivity contribution in [1.82, 2.24) is 24.2 Å². The molecule has 14 heteroatoms. The van der Waals surface area contributed by atoms with Gasteiger partial charge in [-0.2, -0.15) is 17.5 Å². The molecule has 9 nitrogen and oxygen atoms in total. The van der Waals surface area contributed by atoms with E-state index in [-0.39, 0.29) is 49.2 Å². The molecule has 0 radical (unpaired) electrons. The first-order valence-electron chi connectivity index (χ1n) is 9.64. The number of nitrogens with one attached hydrogen (secondary N) is 1. The molecule has 4 rings (SSSR count). The number of carbonyl (C=O) groups is 1. The maximum atomic E-state index is 14.3. The van der Waals surface area contributed by atoms with Crippen molar-refractivity contribution in [3.63, 3.8) is 0 Å². The number of benzene rings is 1. The van der Waals surface area contributed by atoms with E-state index in [4.69, 9.17) is 4.74 Å². The first-order chi connectivity index (χ1) is 15.6. The van der Waals surface area contributed by atoms with Gasteiger partial charge in [-0.3, -0.25) is 9.20 Å². The zero-order valence-corrected chi connectivity index (χ0v) is 17.7. The summed E-state index contributed by atoms with van der Waals surface area (Å²) in [6.45, 7) is 0.315. The fraction of sp³-hybridized carbons (Fsp3) is 0.316. The van der Waals surface area contributed by atoms with Crippen molar-refractivity contribution in [2.24, 2.45) is 0 Å². The van der Waals surface area contributed by atoms with Gasteiger partial charge in [0, 0.05) is 19.3 Å². The largest absolute Gasteiger partial charge is 0.417 e. The van der Waals surface area contributed by atoms with Crippen molar-refractivity contribution in [2.45, 2.75) is 17.6 Å². The summed E-state index contributed by atoms with van der Waals surface area (Å²) in [6, 6.07) is 4.81. The number of pyridine rings is 1. The molecule has 33 heavy (non-hydrogen) atoms. The lowest BCUT2D eigenvalue weighted by Crippen LogP contribution is -2.40. The molecular formula is C19H17F4N5O4S. The van der Waals surface area contributed by atoms with Crippen LogP contribution in [0, 0.1) is 5.82 Å². The molecule has 1 N–H and O–H groups in total. The topological polar surface area (TPSA) is 106 Å². The number of hydrogen-bond acceptors (Lipinski definition) is 6. The molecule has 1 aliphatic heterocycles. The molecule has 3 aromatic rings. The number of nitrogens with zero attached hydrogens (tertiary/aromatic N) is 4. The highest BCUT2D eigenvalue weighted by Gasteiger charge is 2.31. The van der Waals surface area contributed by atoms with E-state index in [2.05, 4.69) is 15.5 Å². The molecule has 0 unspecified atom stereocenters. The Labute approximate surface area is 185 Å². The average molecular weight is 487 g/mol. The standard InChI is InChI=1S/C19H17F4N5O4S/c20-15-3-2-13(33(30,31)27-5-7-32-8-6-27)9-14(15)18(29)24-10-17-26-25-16-4-1-12(11-28(16)17)19(21,22)23/h1-4,9,11H,5-8,10H2,(H,24,29). The van der Waals surface area contributed by atoms with Crippen molar-refractivity contribution < 1.29 is 35.5 Å². The highest BCUT2D eigenvalue weighted by atomic mass is 32.2. The summed E-state index contributed by atoms with van der Waals surface area (Å²) in [5, 5.41) is 9.82. The molecule has 0 bridgehead atoms. The lowest BCUT2D eigenvalue weighted by molar-refractivity contribution is -0.137. The van der Waals surface area contributed by atoms with Crippen LogP contribution in [0.4, 0.5) is 17.6 Å². The van der Waals surface area contributed by atoms with Gasteiger partial charge < -0.3 is 10.1 Å². The van der Waals surface area contributed by atoms with Crippen LogP contribution in [0.15, 0.2) is 41.4 Å². The number of fused-ring (bicyclic) bond motifs is 1. The lowest BCUT2D eigenvalue weighted by Gasteiger charge is -2.26. The summed E-state index contributed by atoms with van der Waals surface area (Å²) >= 11 is 0. The first kappa shape index (κ1) is 23.1. The molecule has 0 saturated carbocycles. The average Bonchev–Trinajstić information content (AvgIpc) is 3.20. The normalized spacial score (nSPS) is 15.6. The third-order valence-electron chi connectivity index (χ3n) is 5.00. The number of sulfonamides is 1. The number of alkyl halides is 3. The van der Waals surface area contributed by atoms with Gasteiger partial charge >= 0.3 is 6.18 Å². The number of carbonyl (C=O) groups excluding carboxylic acids is 1. The number of amides is 1. The Hall–Kier alpha value is -3.10. The smallest absolute Gasteiger partial charge is 0.379 e. The van der Waals surface area contributed by atoms with Gasteiger partial charge in [0.15, 0.2) is 11.5 Å². The fourth-order valence-corrected chi connectivity index (χ4v) is 4.69. The number of ether oxygens (including phenoxy) is 1. The summed E-state index contributed by atoms with van der Waals surface area (Å²) in [5.41, 5.74) is -1.35. The predicted octanol–water partition coefficient (Wildman–Crippen LogP) is 1.84. The van der Waals surface area contributed by atoms with E-state index in [0.29, 0.717) is 0 Å². The molecule has 1 aliphatic rings. The zero-order chi connectivity index (χ0) is 23.8. The van der Waals surface area contributed by atoms with E-state index in [1.54, 1.807) is 0 Å². The molecule has 2 aromatic heterocycles. The second-order valence-corrected chi connectivity index (χ2v) is 9.04. The first-order valence-corrected chi connectivity index (χ1v) is 11.1. The van der Waals surface area contributed by atoms with Crippen LogP contribution in [0.2, 0.25) is 0 Å². The molecule has 1 aromatic carbocycles. The molecule has 1 saturated heterocycles. The van der Waals surface area contributed by atoms with E-state index < -0.39 is 39.1 Å². The Kier molecular flexibility index (Phi) is 6.07. The van der Waals surface area contributed by atoms with E-state index in [9.17, 15) is 30.8 Å². The monoisotopic (exact) mass is 487 g/mol. The molecule has 1 fully saturated rings. The Bertz CT molecular complexity index is 1300. The van der Waals surface area contributed by atoms with E-state index in [0.717, 1.165) is 40.9 Å². The minimum atomic E-state index is -4.59. The fourth-order valence-electron chi connectivity index (χ4n) is 3.26. The molecule has 0 aliphatic carbocycles. The van der Waals surface area contributed by atoms with Crippen LogP contribution in [-0.4, -0.2) is 59.5 Å². The third kappa shape index (κ3) is 4.67. The van der Waals surface area contributed by atoms with Crippen LogP contribution in [-0.2, 0) is 27.5 Å². The van der Waals surface area contributed by atoms with E-state index in [1.807, 2.05) is 0 Å². The summed E-state index contributed by atoms with van der Waals surface area (Å²) in [5.74, 6) is -1.95. The highest BCUT2D eigenvalue weighted by molar-refractivity contribution is 7.89. The van der Waals surface area contributed by atoms with E-state index >= 15 is 0 Å². The van der Waals surface area contributed by atoms with Gasteiger partial charge in [0.25, 0.3) is 5.91 Å². The number of halogens is 4. The zero-order valence-electron chi connectivity index (χ0n) is 16.8. The van der Waals surface area contributed by atoms with Crippen molar-refractivity contribution in [2.75, 3.05) is 26.3 Å². The molecule has 0 spiro atoms. The minimum Gasteiger partial charge on any atom is -0.379 e. The van der Waals surface area contributed by atoms with Gasteiger partial charge in [0.2, 0.25) is 10.0 Å². The Balaban J connectivity index is 1.55. The van der Waals surface area contributed by atoms with Crippen LogP contribution in [0.5, 0.6) is 0 Å². The number of aromatic nitrogens is 3. The van der Waals surface area contributed by atoms with Crippen LogP contribution < -0.4 is 5.32 Å². The maximum absolute atomic E-state index is 14.3. The molecule has 176 valence electrons. The van der Waals surface area contributed by atoms with Crippen LogP contribution >= 0.6 is 0 Å². The summed E-state index contributed by atoms with van der Waals surface area (Å²) in [7, 11) is -3.97. The Morgan fingerprint density at radius 2 is 1.85 bits per heavy atom. The molecule has 1 amide bonds. The predicted molar refractivity (Wildman–Crippen MR) is 105 cm³/mol. The van der Waals surface area contributed by atoms with Gasteiger partial charge in [-0.15, -0.1) is 10.2 Å². The lowest BCUT2D eigenvalue weighted by atomic mass is 10.2. The number of morpholine rings is 1. The summed E-state index contributed by atoms with van der Waals surface area (Å²) in [4.78, 5) is 12.3. The van der Waals surface area contributed by atoms with Crippen LogP contribution in [0.25, 0.3) is 5.65 Å². The number of hydrogen-bond donors (Lipinski definition) is 1. The van der Waals surface area contributed by atoms with Gasteiger partial charge in [-0.25, -0.2) is 12.8 Å². The van der Waals surface area contributed by atoms with Crippen molar-refractivity contribution in [3.8, 4) is 0 Å². The maximum Gasteiger partial charge on any atom is 0.417 e. The van der Waals surface area contributed by atoms with E-state index in [1.165, 1.54) is 4.31 Å². The Morgan fingerprint density at radius 3 is 2.55 bits per heavy atom. The third-order valence-corrected chi connectivity index (χ3v) is 6.89. The SMILES string of the molecule is O=C(NCc1nnc2ccc(C(F)(F)F)cn12)c1cc(S(=O)(=O)N2CCOCC2)ccc1F. The minimum absolute atomic E-state index is 0.0260. The van der Waals surface area contributed by atoms with Crippen molar-refractivity contribution in [3.05, 3.63) is 59.3 Å². The van der Waals surface area contributed by atoms with Crippen molar-refractivity contribution in [1.29, 1.82) is 0 Å². The highest BCUT2D eigenvalue weighted by Crippen LogP contribution is 2.29. The number of rotatable bonds is 5. The molecule has 3 heterocycles. The van der Waals surface area contributed by atoms with Crippen LogP contribution in [0.3, 0.4) is 0 Å². The van der Waals surface area contributed by atoms with Gasteiger partial charge in [0.1, 0.15) is 5.82 Å². The second-order valence-electron chi connectivity index (χ2n) is 7.10. The quantitative estimate of drug-likeness (QED) is 0.551. The second kappa shape index (κ2) is 8.68. The summed E-state index contributed by atoms with van der Waals surface area (Å²) < 4.78 is 86.2. The van der Waals surface area contributed by atoms with Crippen molar-refractivity contribution >= 4 is 21.6 Å².